The number of fused-ring (bicyclic) bond motifs is 1. The van der Waals surface area contributed by atoms with Gasteiger partial charge >= 0.3 is 5.97 Å². The maximum absolute atomic E-state index is 11.4. The molecule has 0 bridgehead atoms. The largest absolute Gasteiger partial charge is 0.504 e. The first-order valence-electron chi connectivity index (χ1n) is 6.36. The molecule has 21 heavy (non-hydrogen) atoms. The first-order valence-corrected chi connectivity index (χ1v) is 6.36. The highest BCUT2D eigenvalue weighted by Crippen LogP contribution is 2.45. The molecule has 0 aliphatic carbocycles. The fourth-order valence-electron chi connectivity index (χ4n) is 2.52. The highest BCUT2D eigenvalue weighted by atomic mass is 16.4. The minimum atomic E-state index is -1.28. The van der Waals surface area contributed by atoms with Crippen molar-refractivity contribution in [2.45, 2.75) is 0 Å². The Morgan fingerprint density at radius 2 is 1.33 bits per heavy atom. The van der Waals surface area contributed by atoms with E-state index in [1.807, 2.05) is 18.2 Å². The van der Waals surface area contributed by atoms with Crippen molar-refractivity contribution < 1.29 is 20.1 Å². The van der Waals surface area contributed by atoms with Crippen LogP contribution in [0.4, 0.5) is 0 Å². The van der Waals surface area contributed by atoms with Crippen LogP contribution < -0.4 is 0 Å². The Morgan fingerprint density at radius 3 is 1.95 bits per heavy atom. The molecule has 0 aromatic heterocycles. The van der Waals surface area contributed by atoms with Gasteiger partial charge in [0.1, 0.15) is 5.56 Å². The molecule has 4 heteroatoms. The number of carbonyl (C=O) groups is 1. The van der Waals surface area contributed by atoms with Crippen LogP contribution in [-0.2, 0) is 0 Å². The van der Waals surface area contributed by atoms with Crippen molar-refractivity contribution in [2.75, 3.05) is 0 Å². The molecule has 0 aliphatic rings. The lowest BCUT2D eigenvalue weighted by atomic mass is 9.93. The van der Waals surface area contributed by atoms with Crippen LogP contribution in [0.1, 0.15) is 10.4 Å². The van der Waals surface area contributed by atoms with Gasteiger partial charge in [-0.05, 0) is 10.9 Å². The summed E-state index contributed by atoms with van der Waals surface area (Å²) < 4.78 is 0. The number of hydrogen-bond acceptors (Lipinski definition) is 3. The molecule has 3 aromatic carbocycles. The Labute approximate surface area is 120 Å². The van der Waals surface area contributed by atoms with Crippen LogP contribution in [0.25, 0.3) is 21.9 Å². The summed E-state index contributed by atoms with van der Waals surface area (Å²) in [5.74, 6) is -2.31. The summed E-state index contributed by atoms with van der Waals surface area (Å²) in [5.41, 5.74) is 0.843. The van der Waals surface area contributed by atoms with E-state index in [0.717, 1.165) is 0 Å². The van der Waals surface area contributed by atoms with Gasteiger partial charge in [0.15, 0.2) is 11.5 Å². The van der Waals surface area contributed by atoms with Crippen molar-refractivity contribution in [2.24, 2.45) is 0 Å². The van der Waals surface area contributed by atoms with Crippen LogP contribution in [-0.4, -0.2) is 21.3 Å². The molecule has 104 valence electrons. The second-order valence-corrected chi connectivity index (χ2v) is 4.66. The number of benzene rings is 3. The van der Waals surface area contributed by atoms with Crippen molar-refractivity contribution in [3.8, 4) is 22.6 Å². The quantitative estimate of drug-likeness (QED) is 0.626. The maximum Gasteiger partial charge on any atom is 0.340 e. The lowest BCUT2D eigenvalue weighted by Crippen LogP contribution is -2.00. The average Bonchev–Trinajstić information content (AvgIpc) is 2.49. The van der Waals surface area contributed by atoms with Crippen molar-refractivity contribution in [3.63, 3.8) is 0 Å². The standard InChI is InChI=1S/C17H12O4/c18-15-13(10-6-2-1-3-7-10)11-8-4-5-9-12(11)14(16(15)19)17(20)21/h1-9,18-19H,(H,20,21). The first-order chi connectivity index (χ1) is 10.1. The Kier molecular flexibility index (Phi) is 2.99. The van der Waals surface area contributed by atoms with E-state index >= 15 is 0 Å². The maximum atomic E-state index is 11.4. The predicted octanol–water partition coefficient (Wildman–Crippen LogP) is 3.62. The molecule has 0 aliphatic heterocycles. The molecule has 3 N–H and O–H groups in total. The van der Waals surface area contributed by atoms with Crippen LogP contribution in [0.2, 0.25) is 0 Å². The van der Waals surface area contributed by atoms with Gasteiger partial charge in [0, 0.05) is 10.9 Å². The van der Waals surface area contributed by atoms with E-state index in [-0.39, 0.29) is 5.56 Å². The summed E-state index contributed by atoms with van der Waals surface area (Å²) in [5, 5.41) is 30.6. The highest BCUT2D eigenvalue weighted by Gasteiger charge is 2.23. The zero-order valence-corrected chi connectivity index (χ0v) is 10.9. The van der Waals surface area contributed by atoms with E-state index in [4.69, 9.17) is 0 Å². The van der Waals surface area contributed by atoms with E-state index in [2.05, 4.69) is 0 Å². The third-order valence-electron chi connectivity index (χ3n) is 3.44. The number of rotatable bonds is 2. The number of carboxylic acids is 1. The summed E-state index contributed by atoms with van der Waals surface area (Å²) in [4.78, 5) is 11.4. The number of aromatic hydroxyl groups is 2. The molecule has 4 nitrogen and oxygen atoms in total. The van der Waals surface area contributed by atoms with Crippen molar-refractivity contribution in [1.29, 1.82) is 0 Å². The lowest BCUT2D eigenvalue weighted by Gasteiger charge is -2.14. The summed E-state index contributed by atoms with van der Waals surface area (Å²) in [7, 11) is 0. The third kappa shape index (κ3) is 1.97. The number of aromatic carboxylic acids is 1. The molecule has 0 spiro atoms. The van der Waals surface area contributed by atoms with Gasteiger partial charge in [-0.2, -0.15) is 0 Å². The van der Waals surface area contributed by atoms with Gasteiger partial charge in [-0.25, -0.2) is 4.79 Å². The van der Waals surface area contributed by atoms with Crippen LogP contribution in [0, 0.1) is 0 Å². The molecule has 0 saturated carbocycles. The topological polar surface area (TPSA) is 77.8 Å². The van der Waals surface area contributed by atoms with Gasteiger partial charge in [0.05, 0.1) is 0 Å². The number of phenols is 2. The van der Waals surface area contributed by atoms with Gasteiger partial charge in [-0.3, -0.25) is 0 Å². The zero-order chi connectivity index (χ0) is 15.0. The van der Waals surface area contributed by atoms with Gasteiger partial charge in [0.2, 0.25) is 0 Å². The fourth-order valence-corrected chi connectivity index (χ4v) is 2.52. The average molecular weight is 280 g/mol. The molecule has 0 unspecified atom stereocenters. The van der Waals surface area contributed by atoms with Crippen LogP contribution in [0.3, 0.4) is 0 Å². The van der Waals surface area contributed by atoms with Gasteiger partial charge in [0.25, 0.3) is 0 Å². The number of carboxylic acid groups (broad SMARTS) is 1. The van der Waals surface area contributed by atoms with Crippen molar-refractivity contribution in [3.05, 3.63) is 60.2 Å². The molecule has 0 heterocycles. The molecule has 0 fully saturated rings. The fraction of sp³-hybridized carbons (Fsp3) is 0. The van der Waals surface area contributed by atoms with Crippen LogP contribution in [0.5, 0.6) is 11.5 Å². The number of phenolic OH excluding ortho intramolecular Hbond substituents is 1. The van der Waals surface area contributed by atoms with Crippen LogP contribution in [0.15, 0.2) is 54.6 Å². The second-order valence-electron chi connectivity index (χ2n) is 4.66. The first kappa shape index (κ1) is 13.0. The van der Waals surface area contributed by atoms with E-state index in [1.165, 1.54) is 0 Å². The van der Waals surface area contributed by atoms with Gasteiger partial charge in [-0.1, -0.05) is 54.6 Å². The molecule has 3 aromatic rings. The normalized spacial score (nSPS) is 10.7. The molecular formula is C17H12O4. The smallest absolute Gasteiger partial charge is 0.340 e. The number of hydrogen-bond donors (Lipinski definition) is 3. The van der Waals surface area contributed by atoms with E-state index in [9.17, 15) is 20.1 Å². The van der Waals surface area contributed by atoms with Gasteiger partial charge < -0.3 is 15.3 Å². The van der Waals surface area contributed by atoms with Crippen molar-refractivity contribution >= 4 is 16.7 Å². The molecule has 0 amide bonds. The molecule has 0 saturated heterocycles. The molecular weight excluding hydrogens is 268 g/mol. The van der Waals surface area contributed by atoms with Crippen LogP contribution >= 0.6 is 0 Å². The summed E-state index contributed by atoms with van der Waals surface area (Å²) in [6, 6.07) is 15.8. The minimum Gasteiger partial charge on any atom is -0.504 e. The Hall–Kier alpha value is -3.01. The van der Waals surface area contributed by atoms with Crippen molar-refractivity contribution in [1.82, 2.24) is 0 Å². The van der Waals surface area contributed by atoms with Gasteiger partial charge in [-0.15, -0.1) is 0 Å². The summed E-state index contributed by atoms with van der Waals surface area (Å²) in [6.45, 7) is 0. The van der Waals surface area contributed by atoms with E-state index in [1.54, 1.807) is 36.4 Å². The minimum absolute atomic E-state index is 0.289. The van der Waals surface area contributed by atoms with E-state index < -0.39 is 17.5 Å². The second kappa shape index (κ2) is 4.83. The highest BCUT2D eigenvalue weighted by molar-refractivity contribution is 6.13. The summed E-state index contributed by atoms with van der Waals surface area (Å²) in [6.07, 6.45) is 0. The Morgan fingerprint density at radius 1 is 0.762 bits per heavy atom. The molecule has 0 atom stereocenters. The third-order valence-corrected chi connectivity index (χ3v) is 3.44. The monoisotopic (exact) mass is 280 g/mol. The Bertz CT molecular complexity index is 838. The predicted molar refractivity (Wildman–Crippen MR) is 79.7 cm³/mol. The molecule has 0 radical (unpaired) electrons. The zero-order valence-electron chi connectivity index (χ0n) is 10.9. The van der Waals surface area contributed by atoms with E-state index in [0.29, 0.717) is 21.9 Å². The SMILES string of the molecule is O=C(O)c1c(O)c(O)c(-c2ccccc2)c2ccccc12. The summed E-state index contributed by atoms with van der Waals surface area (Å²) >= 11 is 0. The lowest BCUT2D eigenvalue weighted by molar-refractivity contribution is 0.0695. The molecule has 3 rings (SSSR count). The Balaban J connectivity index is 2.50.